The molecule has 1 aliphatic heterocycles. The summed E-state index contributed by atoms with van der Waals surface area (Å²) < 4.78 is 5.74. The first kappa shape index (κ1) is 18.6. The lowest BCUT2D eigenvalue weighted by atomic mass is 10.0. The Kier molecular flexibility index (Phi) is 6.20. The summed E-state index contributed by atoms with van der Waals surface area (Å²) in [6.45, 7) is 1.28. The van der Waals surface area contributed by atoms with Crippen molar-refractivity contribution in [1.29, 1.82) is 0 Å². The Balaban J connectivity index is 1.58. The fourth-order valence-electron chi connectivity index (χ4n) is 3.03. The van der Waals surface area contributed by atoms with Gasteiger partial charge < -0.3 is 15.0 Å². The molecule has 140 valence electrons. The fraction of sp³-hybridized carbons (Fsp3) is 0.286. The van der Waals surface area contributed by atoms with E-state index in [9.17, 15) is 14.4 Å². The first-order valence-electron chi connectivity index (χ1n) is 9.01. The molecule has 2 aromatic rings. The standard InChI is InChI=1S/C21H22N2O4/c24-18(12-7-14-23-15-13-22-20(25)21(23)26)27-19(16-8-3-1-4-9-16)17-10-5-2-6-11-17/h1-6,8-11,19H,7,12-15H2,(H,22,25). The minimum atomic E-state index is -0.586. The highest BCUT2D eigenvalue weighted by Gasteiger charge is 2.26. The van der Waals surface area contributed by atoms with Crippen molar-refractivity contribution in [2.45, 2.75) is 18.9 Å². The van der Waals surface area contributed by atoms with Gasteiger partial charge in [0.25, 0.3) is 0 Å². The molecule has 1 aliphatic rings. The van der Waals surface area contributed by atoms with E-state index >= 15 is 0 Å². The van der Waals surface area contributed by atoms with Crippen LogP contribution in [-0.2, 0) is 19.1 Å². The Labute approximate surface area is 158 Å². The van der Waals surface area contributed by atoms with Crippen molar-refractivity contribution >= 4 is 17.8 Å². The van der Waals surface area contributed by atoms with Crippen molar-refractivity contribution in [3.8, 4) is 0 Å². The Morgan fingerprint density at radius 1 is 1.00 bits per heavy atom. The Bertz CT molecular complexity index is 753. The van der Waals surface area contributed by atoms with Gasteiger partial charge in [0, 0.05) is 26.1 Å². The molecule has 0 atom stereocenters. The summed E-state index contributed by atoms with van der Waals surface area (Å²) in [6, 6.07) is 19.2. The van der Waals surface area contributed by atoms with Gasteiger partial charge in [0.05, 0.1) is 0 Å². The third-order valence-corrected chi connectivity index (χ3v) is 4.41. The molecule has 0 spiro atoms. The van der Waals surface area contributed by atoms with Crippen LogP contribution in [0.5, 0.6) is 0 Å². The number of esters is 1. The lowest BCUT2D eigenvalue weighted by molar-refractivity contribution is -0.149. The summed E-state index contributed by atoms with van der Waals surface area (Å²) in [4.78, 5) is 37.0. The van der Waals surface area contributed by atoms with Crippen LogP contribution in [0.4, 0.5) is 0 Å². The van der Waals surface area contributed by atoms with Crippen LogP contribution in [0.15, 0.2) is 60.7 Å². The van der Waals surface area contributed by atoms with E-state index < -0.39 is 17.9 Å². The van der Waals surface area contributed by atoms with Crippen LogP contribution >= 0.6 is 0 Å². The van der Waals surface area contributed by atoms with Gasteiger partial charge in [-0.25, -0.2) is 0 Å². The zero-order chi connectivity index (χ0) is 19.1. The summed E-state index contributed by atoms with van der Waals surface area (Å²) in [5, 5.41) is 2.50. The molecule has 6 heteroatoms. The molecular weight excluding hydrogens is 344 g/mol. The lowest BCUT2D eigenvalue weighted by Gasteiger charge is -2.26. The van der Waals surface area contributed by atoms with Crippen molar-refractivity contribution in [2.24, 2.45) is 0 Å². The number of benzene rings is 2. The molecule has 1 heterocycles. The maximum Gasteiger partial charge on any atom is 0.311 e. The van der Waals surface area contributed by atoms with E-state index in [1.165, 1.54) is 4.90 Å². The quantitative estimate of drug-likeness (QED) is 0.601. The first-order chi connectivity index (χ1) is 13.1. The van der Waals surface area contributed by atoms with Crippen LogP contribution in [0, 0.1) is 0 Å². The average molecular weight is 366 g/mol. The molecule has 3 rings (SSSR count). The maximum atomic E-state index is 12.4. The number of carbonyl (C=O) groups excluding carboxylic acids is 3. The number of nitrogens with one attached hydrogen (secondary N) is 1. The highest BCUT2D eigenvalue weighted by Crippen LogP contribution is 2.26. The molecular formula is C21H22N2O4. The number of hydrogen-bond acceptors (Lipinski definition) is 4. The number of hydrogen-bond donors (Lipinski definition) is 1. The minimum Gasteiger partial charge on any atom is -0.453 e. The van der Waals surface area contributed by atoms with Crippen molar-refractivity contribution in [1.82, 2.24) is 10.2 Å². The van der Waals surface area contributed by atoms with Gasteiger partial charge in [-0.1, -0.05) is 60.7 Å². The molecule has 0 aliphatic carbocycles. The maximum absolute atomic E-state index is 12.4. The summed E-state index contributed by atoms with van der Waals surface area (Å²) >= 11 is 0. The number of amides is 2. The van der Waals surface area contributed by atoms with E-state index in [-0.39, 0.29) is 12.4 Å². The zero-order valence-electron chi connectivity index (χ0n) is 15.0. The Morgan fingerprint density at radius 2 is 1.59 bits per heavy atom. The molecule has 0 unspecified atom stereocenters. The van der Waals surface area contributed by atoms with Gasteiger partial charge in [-0.15, -0.1) is 0 Å². The average Bonchev–Trinajstić information content (AvgIpc) is 2.71. The molecule has 0 bridgehead atoms. The second kappa shape index (κ2) is 8.98. The molecule has 27 heavy (non-hydrogen) atoms. The van der Waals surface area contributed by atoms with E-state index in [4.69, 9.17) is 4.74 Å². The molecule has 6 nitrogen and oxygen atoms in total. The third kappa shape index (κ3) is 4.94. The van der Waals surface area contributed by atoms with Gasteiger partial charge in [-0.05, 0) is 17.5 Å². The molecule has 2 aromatic carbocycles. The van der Waals surface area contributed by atoms with Crippen LogP contribution in [0.1, 0.15) is 30.1 Å². The number of rotatable bonds is 7. The molecule has 2 amide bonds. The van der Waals surface area contributed by atoms with Gasteiger partial charge in [-0.3, -0.25) is 14.4 Å². The SMILES string of the molecule is O=C(CCCN1CCNC(=O)C1=O)OC(c1ccccc1)c1ccccc1. The van der Waals surface area contributed by atoms with E-state index in [1.54, 1.807) is 0 Å². The van der Waals surface area contributed by atoms with Crippen molar-refractivity contribution in [2.75, 3.05) is 19.6 Å². The smallest absolute Gasteiger partial charge is 0.311 e. The number of carbonyl (C=O) groups is 3. The van der Waals surface area contributed by atoms with Crippen molar-refractivity contribution in [3.05, 3.63) is 71.8 Å². The molecule has 1 N–H and O–H groups in total. The highest BCUT2D eigenvalue weighted by molar-refractivity contribution is 6.35. The van der Waals surface area contributed by atoms with Crippen LogP contribution < -0.4 is 5.32 Å². The summed E-state index contributed by atoms with van der Waals surface area (Å²) in [5.74, 6) is -1.46. The Hall–Kier alpha value is -3.15. The monoisotopic (exact) mass is 366 g/mol. The second-order valence-electron chi connectivity index (χ2n) is 6.34. The Morgan fingerprint density at radius 3 is 2.19 bits per heavy atom. The van der Waals surface area contributed by atoms with E-state index in [0.717, 1.165) is 11.1 Å². The van der Waals surface area contributed by atoms with Crippen LogP contribution in [0.3, 0.4) is 0 Å². The summed E-state index contributed by atoms with van der Waals surface area (Å²) in [7, 11) is 0. The second-order valence-corrected chi connectivity index (χ2v) is 6.34. The van der Waals surface area contributed by atoms with Crippen molar-refractivity contribution in [3.63, 3.8) is 0 Å². The number of ether oxygens (including phenoxy) is 1. The van der Waals surface area contributed by atoms with Gasteiger partial charge in [-0.2, -0.15) is 0 Å². The van der Waals surface area contributed by atoms with E-state index in [1.807, 2.05) is 60.7 Å². The van der Waals surface area contributed by atoms with Crippen LogP contribution in [0.25, 0.3) is 0 Å². The van der Waals surface area contributed by atoms with Gasteiger partial charge in [0.15, 0.2) is 6.10 Å². The summed E-state index contributed by atoms with van der Waals surface area (Å²) in [5.41, 5.74) is 1.81. The number of nitrogens with zero attached hydrogens (tertiary/aromatic N) is 1. The zero-order valence-corrected chi connectivity index (χ0v) is 15.0. The minimum absolute atomic E-state index is 0.182. The van der Waals surface area contributed by atoms with Crippen molar-refractivity contribution < 1.29 is 19.1 Å². The molecule has 1 saturated heterocycles. The molecule has 1 fully saturated rings. The van der Waals surface area contributed by atoms with Crippen LogP contribution in [0.2, 0.25) is 0 Å². The van der Waals surface area contributed by atoms with Gasteiger partial charge in [0.2, 0.25) is 0 Å². The third-order valence-electron chi connectivity index (χ3n) is 4.41. The van der Waals surface area contributed by atoms with E-state index in [2.05, 4.69) is 5.32 Å². The highest BCUT2D eigenvalue weighted by atomic mass is 16.5. The fourth-order valence-corrected chi connectivity index (χ4v) is 3.03. The van der Waals surface area contributed by atoms with Crippen LogP contribution in [-0.4, -0.2) is 42.3 Å². The summed E-state index contributed by atoms with van der Waals surface area (Å²) in [6.07, 6.45) is 0.165. The van der Waals surface area contributed by atoms with E-state index in [0.29, 0.717) is 26.1 Å². The van der Waals surface area contributed by atoms with Gasteiger partial charge >= 0.3 is 17.8 Å². The largest absolute Gasteiger partial charge is 0.453 e. The number of piperazine rings is 1. The van der Waals surface area contributed by atoms with Gasteiger partial charge in [0.1, 0.15) is 0 Å². The molecule has 0 radical (unpaired) electrons. The molecule has 0 saturated carbocycles. The first-order valence-corrected chi connectivity index (χ1v) is 9.01. The lowest BCUT2D eigenvalue weighted by Crippen LogP contribution is -2.52. The topological polar surface area (TPSA) is 75.7 Å². The molecule has 0 aromatic heterocycles. The predicted molar refractivity (Wildman–Crippen MR) is 99.6 cm³/mol. The normalized spacial score (nSPS) is 14.2. The predicted octanol–water partition coefficient (Wildman–Crippen LogP) is 2.06.